The van der Waals surface area contributed by atoms with Gasteiger partial charge in [-0.2, -0.15) is 0 Å². The smallest absolute Gasteiger partial charge is 0.255 e. The number of nitrogens with one attached hydrogen (secondary N) is 1. The Bertz CT molecular complexity index is 980. The van der Waals surface area contributed by atoms with E-state index in [0.717, 1.165) is 52.1 Å². The number of aromatic amines is 1. The summed E-state index contributed by atoms with van der Waals surface area (Å²) in [5.41, 5.74) is 4.92. The molecule has 0 radical (unpaired) electrons. The molecule has 6 heteroatoms. The van der Waals surface area contributed by atoms with Gasteiger partial charge in [0, 0.05) is 42.3 Å². The molecule has 0 saturated carbocycles. The lowest BCUT2D eigenvalue weighted by molar-refractivity contribution is 0.241. The van der Waals surface area contributed by atoms with Crippen molar-refractivity contribution in [2.24, 2.45) is 0 Å². The Morgan fingerprint density at radius 1 is 1.19 bits per heavy atom. The van der Waals surface area contributed by atoms with Crippen molar-refractivity contribution >= 4 is 15.9 Å². The molecule has 1 aromatic carbocycles. The normalized spacial score (nSPS) is 14.2. The van der Waals surface area contributed by atoms with Crippen LogP contribution in [0.5, 0.6) is 0 Å². The van der Waals surface area contributed by atoms with Crippen LogP contribution in [0, 0.1) is 6.92 Å². The summed E-state index contributed by atoms with van der Waals surface area (Å²) >= 11 is 3.45. The lowest BCUT2D eigenvalue weighted by Gasteiger charge is -2.27. The van der Waals surface area contributed by atoms with Crippen LogP contribution in [0.2, 0.25) is 0 Å². The Morgan fingerprint density at radius 3 is 2.73 bits per heavy atom. The molecule has 132 valence electrons. The third-order valence-electron chi connectivity index (χ3n) is 4.64. The van der Waals surface area contributed by atoms with Crippen LogP contribution in [-0.2, 0) is 19.5 Å². The van der Waals surface area contributed by atoms with Crippen LogP contribution in [0.4, 0.5) is 0 Å². The van der Waals surface area contributed by atoms with Crippen molar-refractivity contribution in [3.63, 3.8) is 0 Å². The summed E-state index contributed by atoms with van der Waals surface area (Å²) in [5, 5.41) is 0. The number of hydrogen-bond donors (Lipinski definition) is 1. The Hall–Kier alpha value is -2.31. The SMILES string of the molecule is Cc1nc2c(c(=O)[nH]1)CN(Cc1ccc(-c3ccc(Br)cc3)nc1)CC2. The molecule has 0 spiro atoms. The van der Waals surface area contributed by atoms with Gasteiger partial charge in [-0.1, -0.05) is 34.1 Å². The summed E-state index contributed by atoms with van der Waals surface area (Å²) in [6.07, 6.45) is 2.73. The Balaban J connectivity index is 1.48. The number of fused-ring (bicyclic) bond motifs is 1. The predicted molar refractivity (Wildman–Crippen MR) is 105 cm³/mol. The fourth-order valence-corrected chi connectivity index (χ4v) is 3.57. The highest BCUT2D eigenvalue weighted by molar-refractivity contribution is 9.10. The molecule has 4 rings (SSSR count). The first-order chi connectivity index (χ1) is 12.6. The molecule has 3 aromatic rings. The quantitative estimate of drug-likeness (QED) is 0.717. The lowest BCUT2D eigenvalue weighted by atomic mass is 10.1. The van der Waals surface area contributed by atoms with E-state index in [1.165, 1.54) is 0 Å². The number of aryl methyl sites for hydroxylation is 1. The average molecular weight is 411 g/mol. The van der Waals surface area contributed by atoms with Crippen molar-refractivity contribution in [2.45, 2.75) is 26.4 Å². The highest BCUT2D eigenvalue weighted by Gasteiger charge is 2.20. The molecular weight excluding hydrogens is 392 g/mol. The van der Waals surface area contributed by atoms with E-state index in [2.05, 4.69) is 54.0 Å². The van der Waals surface area contributed by atoms with Crippen LogP contribution < -0.4 is 5.56 Å². The molecule has 1 aliphatic rings. The maximum absolute atomic E-state index is 12.2. The highest BCUT2D eigenvalue weighted by atomic mass is 79.9. The second-order valence-electron chi connectivity index (χ2n) is 6.60. The van der Waals surface area contributed by atoms with Crippen molar-refractivity contribution in [3.05, 3.63) is 80.1 Å². The standard InChI is InChI=1S/C20H19BrN4O/c1-13-23-19-8-9-25(12-17(19)20(26)24-13)11-14-2-7-18(22-10-14)15-3-5-16(21)6-4-15/h2-7,10H,8-9,11-12H2,1H3,(H,23,24,26). The van der Waals surface area contributed by atoms with E-state index in [1.807, 2.05) is 31.3 Å². The van der Waals surface area contributed by atoms with E-state index >= 15 is 0 Å². The summed E-state index contributed by atoms with van der Waals surface area (Å²) in [6.45, 7) is 4.14. The van der Waals surface area contributed by atoms with Crippen molar-refractivity contribution in [1.29, 1.82) is 0 Å². The van der Waals surface area contributed by atoms with Gasteiger partial charge in [0.05, 0.1) is 17.0 Å². The Kier molecular flexibility index (Phi) is 4.70. The van der Waals surface area contributed by atoms with E-state index in [0.29, 0.717) is 12.4 Å². The molecule has 26 heavy (non-hydrogen) atoms. The molecule has 3 heterocycles. The summed E-state index contributed by atoms with van der Waals surface area (Å²) < 4.78 is 1.06. The molecule has 0 bridgehead atoms. The van der Waals surface area contributed by atoms with Gasteiger partial charge in [0.2, 0.25) is 0 Å². The third-order valence-corrected chi connectivity index (χ3v) is 5.17. The van der Waals surface area contributed by atoms with E-state index in [9.17, 15) is 4.79 Å². The predicted octanol–water partition coefficient (Wildman–Crippen LogP) is 3.46. The maximum Gasteiger partial charge on any atom is 0.255 e. The molecule has 1 aliphatic heterocycles. The van der Waals surface area contributed by atoms with Crippen LogP contribution in [0.25, 0.3) is 11.3 Å². The molecule has 0 amide bonds. The monoisotopic (exact) mass is 410 g/mol. The average Bonchev–Trinajstić information content (AvgIpc) is 2.64. The molecule has 0 saturated heterocycles. The van der Waals surface area contributed by atoms with Gasteiger partial charge in [0.1, 0.15) is 5.82 Å². The zero-order valence-electron chi connectivity index (χ0n) is 14.5. The number of nitrogens with zero attached hydrogens (tertiary/aromatic N) is 3. The number of pyridine rings is 1. The van der Waals surface area contributed by atoms with E-state index in [1.54, 1.807) is 0 Å². The second-order valence-corrected chi connectivity index (χ2v) is 7.51. The van der Waals surface area contributed by atoms with Gasteiger partial charge in [-0.15, -0.1) is 0 Å². The lowest BCUT2D eigenvalue weighted by Crippen LogP contribution is -2.35. The van der Waals surface area contributed by atoms with Gasteiger partial charge in [-0.3, -0.25) is 14.7 Å². The molecule has 5 nitrogen and oxygen atoms in total. The number of benzene rings is 1. The van der Waals surface area contributed by atoms with Gasteiger partial charge in [-0.05, 0) is 30.7 Å². The van der Waals surface area contributed by atoms with Crippen molar-refractivity contribution in [3.8, 4) is 11.3 Å². The first-order valence-corrected chi connectivity index (χ1v) is 9.40. The largest absolute Gasteiger partial charge is 0.310 e. The van der Waals surface area contributed by atoms with E-state index in [4.69, 9.17) is 0 Å². The number of H-pyrrole nitrogens is 1. The number of halogens is 1. The van der Waals surface area contributed by atoms with E-state index in [-0.39, 0.29) is 5.56 Å². The van der Waals surface area contributed by atoms with Crippen molar-refractivity contribution in [2.75, 3.05) is 6.54 Å². The fraction of sp³-hybridized carbons (Fsp3) is 0.250. The topological polar surface area (TPSA) is 61.9 Å². The first kappa shape index (κ1) is 17.1. The minimum atomic E-state index is -0.0130. The van der Waals surface area contributed by atoms with Crippen molar-refractivity contribution < 1.29 is 0 Å². The van der Waals surface area contributed by atoms with Crippen LogP contribution in [0.1, 0.15) is 22.6 Å². The van der Waals surface area contributed by atoms with Gasteiger partial charge in [0.15, 0.2) is 0 Å². The molecule has 0 fully saturated rings. The van der Waals surface area contributed by atoms with Gasteiger partial charge >= 0.3 is 0 Å². The summed E-state index contributed by atoms with van der Waals surface area (Å²) in [7, 11) is 0. The molecule has 0 aliphatic carbocycles. The second kappa shape index (κ2) is 7.13. The molecule has 2 aromatic heterocycles. The Morgan fingerprint density at radius 2 is 2.00 bits per heavy atom. The highest BCUT2D eigenvalue weighted by Crippen LogP contribution is 2.21. The number of rotatable bonds is 3. The van der Waals surface area contributed by atoms with Crippen LogP contribution in [-0.4, -0.2) is 26.4 Å². The molecular formula is C20H19BrN4O. The van der Waals surface area contributed by atoms with E-state index < -0.39 is 0 Å². The Labute approximate surface area is 160 Å². The van der Waals surface area contributed by atoms with Gasteiger partial charge < -0.3 is 4.98 Å². The molecule has 0 atom stereocenters. The first-order valence-electron chi connectivity index (χ1n) is 8.60. The summed E-state index contributed by atoms with van der Waals surface area (Å²) in [5.74, 6) is 0.690. The number of hydrogen-bond acceptors (Lipinski definition) is 4. The van der Waals surface area contributed by atoms with Crippen LogP contribution in [0.3, 0.4) is 0 Å². The zero-order valence-corrected chi connectivity index (χ0v) is 16.1. The van der Waals surface area contributed by atoms with Crippen LogP contribution >= 0.6 is 15.9 Å². The minimum absolute atomic E-state index is 0.0130. The zero-order chi connectivity index (χ0) is 18.1. The third kappa shape index (κ3) is 3.61. The summed E-state index contributed by atoms with van der Waals surface area (Å²) in [4.78, 5) is 26.3. The maximum atomic E-state index is 12.2. The molecule has 1 N–H and O–H groups in total. The fourth-order valence-electron chi connectivity index (χ4n) is 3.31. The van der Waals surface area contributed by atoms with Gasteiger partial charge in [-0.25, -0.2) is 4.98 Å². The van der Waals surface area contributed by atoms with Gasteiger partial charge in [0.25, 0.3) is 5.56 Å². The molecule has 0 unspecified atom stereocenters. The summed E-state index contributed by atoms with van der Waals surface area (Å²) in [6, 6.07) is 12.3. The number of aromatic nitrogens is 3. The van der Waals surface area contributed by atoms with Crippen molar-refractivity contribution in [1.82, 2.24) is 19.9 Å². The van der Waals surface area contributed by atoms with Crippen LogP contribution in [0.15, 0.2) is 51.9 Å². The minimum Gasteiger partial charge on any atom is -0.310 e.